The van der Waals surface area contributed by atoms with E-state index in [0.717, 1.165) is 55.7 Å². The molecule has 0 spiro atoms. The van der Waals surface area contributed by atoms with E-state index in [-0.39, 0.29) is 63.6 Å². The number of nitrogens with one attached hydrogen (secondary N) is 5. The molecule has 5 N–H and O–H groups in total. The molecule has 7 rings (SSSR count). The summed E-state index contributed by atoms with van der Waals surface area (Å²) in [6.07, 6.45) is 5.60. The number of anilines is 5. The predicted molar refractivity (Wildman–Crippen MR) is 256 cm³/mol. The second-order valence-corrected chi connectivity index (χ2v) is 20.5. The van der Waals surface area contributed by atoms with Crippen molar-refractivity contribution in [1.82, 2.24) is 30.4 Å². The largest absolute Gasteiger partial charge is 0.489 e. The molecule has 2 fully saturated rings. The minimum absolute atomic E-state index is 0.0213. The van der Waals surface area contributed by atoms with Crippen LogP contribution in [0.5, 0.6) is 5.75 Å². The number of ether oxygens (including phenoxy) is 1. The standard InChI is InChI=1S/C48H58ClN9O8S/c1-28(2)66-39-25-33(30(5)24-37(39)54-48-52-26-34(49)44(56-48)53-35-13-7-8-15-40(35)67(64,65)29(3)4)31-18-22-57(23-19-31)27-42(60)51-21-10-6-9-20-50-36-14-11-12-32-43(36)47(63)58(46(32)62)38-16-17-41(59)55-45(38)61/h7-8,11-15,24-26,28-29,31,38,50H,6,9-10,16-23,27H2,1-5H3,(H,51,60)(H,55,59,61)(H2,52,53,54,56). The topological polar surface area (TPSA) is 221 Å². The number of carbonyl (C=O) groups is 5. The van der Waals surface area contributed by atoms with Crippen LogP contribution in [0, 0.1) is 6.92 Å². The highest BCUT2D eigenvalue weighted by molar-refractivity contribution is 7.92. The highest BCUT2D eigenvalue weighted by atomic mass is 35.5. The molecule has 1 unspecified atom stereocenters. The van der Waals surface area contributed by atoms with Gasteiger partial charge in [-0.05, 0) is 140 Å². The highest BCUT2D eigenvalue weighted by Gasteiger charge is 2.45. The van der Waals surface area contributed by atoms with Crippen LogP contribution in [-0.4, -0.2) is 108 Å². The number of sulfone groups is 1. The first-order valence-electron chi connectivity index (χ1n) is 22.8. The number of piperidine rings is 2. The quantitative estimate of drug-likeness (QED) is 0.0478. The Morgan fingerprint density at radius 1 is 0.896 bits per heavy atom. The number of imide groups is 2. The number of hydrogen-bond acceptors (Lipinski definition) is 14. The molecule has 0 radical (unpaired) electrons. The van der Waals surface area contributed by atoms with Crippen molar-refractivity contribution in [3.05, 3.63) is 88.1 Å². The first kappa shape index (κ1) is 48.8. The van der Waals surface area contributed by atoms with Gasteiger partial charge in [0.1, 0.15) is 16.8 Å². The predicted octanol–water partition coefficient (Wildman–Crippen LogP) is 6.87. The van der Waals surface area contributed by atoms with E-state index in [9.17, 15) is 32.4 Å². The number of nitrogens with zero attached hydrogens (tertiary/aromatic N) is 4. The van der Waals surface area contributed by atoms with Gasteiger partial charge in [0.25, 0.3) is 11.8 Å². The Morgan fingerprint density at radius 3 is 2.36 bits per heavy atom. The number of amides is 5. The molecule has 3 aliphatic rings. The fraction of sp³-hybridized carbons (Fsp3) is 0.438. The summed E-state index contributed by atoms with van der Waals surface area (Å²) in [6, 6.07) is 14.7. The number of hydrogen-bond donors (Lipinski definition) is 5. The number of unbranched alkanes of at least 4 members (excludes halogenated alkanes) is 2. The molecule has 356 valence electrons. The molecule has 0 bridgehead atoms. The summed E-state index contributed by atoms with van der Waals surface area (Å²) in [7, 11) is -3.59. The Labute approximate surface area is 396 Å². The van der Waals surface area contributed by atoms with Gasteiger partial charge in [-0.3, -0.25) is 39.1 Å². The third-order valence-electron chi connectivity index (χ3n) is 12.1. The zero-order valence-electron chi connectivity index (χ0n) is 38.4. The molecule has 1 atom stereocenters. The Kier molecular flexibility index (Phi) is 15.5. The molecule has 3 aliphatic heterocycles. The lowest BCUT2D eigenvalue weighted by molar-refractivity contribution is -0.136. The van der Waals surface area contributed by atoms with E-state index in [1.54, 1.807) is 56.3 Å². The van der Waals surface area contributed by atoms with Crippen LogP contribution >= 0.6 is 11.6 Å². The van der Waals surface area contributed by atoms with Crippen molar-refractivity contribution in [2.45, 2.75) is 108 Å². The lowest BCUT2D eigenvalue weighted by Gasteiger charge is -2.33. The summed E-state index contributed by atoms with van der Waals surface area (Å²) in [5.74, 6) is -0.783. The monoisotopic (exact) mass is 955 g/mol. The third kappa shape index (κ3) is 11.4. The van der Waals surface area contributed by atoms with E-state index in [0.29, 0.717) is 42.4 Å². The van der Waals surface area contributed by atoms with Gasteiger partial charge in [-0.25, -0.2) is 13.4 Å². The zero-order chi connectivity index (χ0) is 48.0. The maximum atomic E-state index is 13.4. The number of aromatic nitrogens is 2. The van der Waals surface area contributed by atoms with E-state index in [2.05, 4.69) is 54.4 Å². The SMILES string of the molecule is Cc1cc(Nc2ncc(Cl)c(Nc3ccccc3S(=O)(=O)C(C)C)n2)c(OC(C)C)cc1C1CCN(CC(=O)NCCCCCNc2cccc3c2C(=O)N(C2CCC(=O)NC2=O)C3=O)CC1. The Morgan fingerprint density at radius 2 is 1.63 bits per heavy atom. The molecular weight excluding hydrogens is 898 g/mol. The molecule has 5 amide bonds. The zero-order valence-corrected chi connectivity index (χ0v) is 40.0. The minimum atomic E-state index is -3.59. The second kappa shape index (κ2) is 21.2. The maximum Gasteiger partial charge on any atom is 0.264 e. The van der Waals surface area contributed by atoms with E-state index in [1.165, 1.54) is 11.8 Å². The molecule has 0 saturated carbocycles. The number of rotatable bonds is 19. The summed E-state index contributed by atoms with van der Waals surface area (Å²) < 4.78 is 32.5. The van der Waals surface area contributed by atoms with Gasteiger partial charge in [0.05, 0.1) is 51.5 Å². The molecule has 67 heavy (non-hydrogen) atoms. The average molecular weight is 957 g/mol. The first-order valence-corrected chi connectivity index (χ1v) is 24.7. The van der Waals surface area contributed by atoms with Crippen LogP contribution in [0.2, 0.25) is 5.02 Å². The van der Waals surface area contributed by atoms with Gasteiger partial charge in [0.2, 0.25) is 23.7 Å². The number of aryl methyl sites for hydroxylation is 1. The summed E-state index contributed by atoms with van der Waals surface area (Å²) in [5, 5.41) is 14.5. The third-order valence-corrected chi connectivity index (χ3v) is 14.6. The molecule has 17 nitrogen and oxygen atoms in total. The van der Waals surface area contributed by atoms with Crippen molar-refractivity contribution >= 4 is 79.8 Å². The molecule has 19 heteroatoms. The molecule has 2 saturated heterocycles. The molecular formula is C48H58ClN9O8S. The van der Waals surface area contributed by atoms with Crippen molar-refractivity contribution in [2.75, 3.05) is 48.7 Å². The fourth-order valence-electron chi connectivity index (χ4n) is 8.63. The van der Waals surface area contributed by atoms with Crippen LogP contribution in [0.4, 0.5) is 28.8 Å². The highest BCUT2D eigenvalue weighted by Crippen LogP contribution is 2.39. The lowest BCUT2D eigenvalue weighted by atomic mass is 9.86. The minimum Gasteiger partial charge on any atom is -0.489 e. The van der Waals surface area contributed by atoms with Crippen molar-refractivity contribution in [3.63, 3.8) is 0 Å². The maximum absolute atomic E-state index is 13.4. The summed E-state index contributed by atoms with van der Waals surface area (Å²) >= 11 is 6.51. The number of likely N-dealkylation sites (tertiary alicyclic amines) is 1. The summed E-state index contributed by atoms with van der Waals surface area (Å²) in [5.41, 5.74) is 4.26. The number of benzene rings is 3. The second-order valence-electron chi connectivity index (χ2n) is 17.7. The van der Waals surface area contributed by atoms with Crippen LogP contribution < -0.4 is 31.3 Å². The van der Waals surface area contributed by atoms with Crippen LogP contribution in [-0.2, 0) is 24.2 Å². The van der Waals surface area contributed by atoms with E-state index >= 15 is 0 Å². The van der Waals surface area contributed by atoms with Gasteiger partial charge in [0.15, 0.2) is 15.7 Å². The van der Waals surface area contributed by atoms with Crippen LogP contribution in [0.15, 0.2) is 65.7 Å². The van der Waals surface area contributed by atoms with Crippen molar-refractivity contribution in [3.8, 4) is 5.75 Å². The number of carbonyl (C=O) groups excluding carboxylic acids is 5. The van der Waals surface area contributed by atoms with Gasteiger partial charge in [-0.2, -0.15) is 4.98 Å². The lowest BCUT2D eigenvalue weighted by Crippen LogP contribution is -2.54. The van der Waals surface area contributed by atoms with Gasteiger partial charge < -0.3 is 26.0 Å². The van der Waals surface area contributed by atoms with Crippen molar-refractivity contribution in [2.24, 2.45) is 0 Å². The molecule has 0 aliphatic carbocycles. The normalized spacial score (nSPS) is 16.9. The van der Waals surface area contributed by atoms with Crippen molar-refractivity contribution < 1.29 is 37.1 Å². The fourth-order valence-corrected chi connectivity index (χ4v) is 9.97. The first-order chi connectivity index (χ1) is 32.0. The smallest absolute Gasteiger partial charge is 0.264 e. The van der Waals surface area contributed by atoms with Gasteiger partial charge in [0, 0.05) is 25.2 Å². The number of fused-ring (bicyclic) bond motifs is 1. The Bertz CT molecular complexity index is 2650. The average Bonchev–Trinajstić information content (AvgIpc) is 3.54. The van der Waals surface area contributed by atoms with Crippen LogP contribution in [0.3, 0.4) is 0 Å². The van der Waals surface area contributed by atoms with Gasteiger partial charge in [-0.15, -0.1) is 0 Å². The molecule has 3 aromatic carbocycles. The molecule has 4 aromatic rings. The summed E-state index contributed by atoms with van der Waals surface area (Å²) in [6.45, 7) is 12.2. The van der Waals surface area contributed by atoms with Crippen molar-refractivity contribution in [1.29, 1.82) is 0 Å². The van der Waals surface area contributed by atoms with Crippen LogP contribution in [0.25, 0.3) is 0 Å². The summed E-state index contributed by atoms with van der Waals surface area (Å²) in [4.78, 5) is 75.8. The van der Waals surface area contributed by atoms with E-state index < -0.39 is 44.8 Å². The Balaban J connectivity index is 0.867. The van der Waals surface area contributed by atoms with E-state index in [1.807, 2.05) is 19.9 Å². The molecule has 1 aromatic heterocycles. The van der Waals surface area contributed by atoms with E-state index in [4.69, 9.17) is 16.3 Å². The Hall–Kier alpha value is -6.11. The van der Waals surface area contributed by atoms with Crippen LogP contribution in [0.1, 0.15) is 110 Å². The number of para-hydroxylation sites is 1. The van der Waals surface area contributed by atoms with Gasteiger partial charge >= 0.3 is 0 Å². The molecule has 4 heterocycles. The van der Waals surface area contributed by atoms with Gasteiger partial charge in [-0.1, -0.05) is 29.8 Å². The number of halogens is 1.